The summed E-state index contributed by atoms with van der Waals surface area (Å²) in [6.07, 6.45) is 0.695. The molecule has 1 aliphatic rings. The molecule has 0 aliphatic carbocycles. The summed E-state index contributed by atoms with van der Waals surface area (Å²) in [5, 5.41) is 0. The molecule has 1 amide bonds. The van der Waals surface area contributed by atoms with Crippen molar-refractivity contribution in [1.82, 2.24) is 4.90 Å². The monoisotopic (exact) mass is 299 g/mol. The summed E-state index contributed by atoms with van der Waals surface area (Å²) in [7, 11) is 1.69. The largest absolute Gasteiger partial charge is 0.389 e. The first-order valence-corrected chi connectivity index (χ1v) is 6.59. The van der Waals surface area contributed by atoms with Gasteiger partial charge in [0.05, 0.1) is 12.2 Å². The molecule has 20 heavy (non-hydrogen) atoms. The number of benzene rings is 1. The van der Waals surface area contributed by atoms with Crippen molar-refractivity contribution in [1.29, 1.82) is 0 Å². The van der Waals surface area contributed by atoms with E-state index in [-0.39, 0.29) is 28.7 Å². The quantitative estimate of drug-likeness (QED) is 0.836. The van der Waals surface area contributed by atoms with Gasteiger partial charge in [0.15, 0.2) is 11.6 Å². The van der Waals surface area contributed by atoms with Gasteiger partial charge in [0.2, 0.25) is 5.91 Å². The zero-order valence-electron chi connectivity index (χ0n) is 11.0. The Labute approximate surface area is 121 Å². The maximum atomic E-state index is 14.1. The van der Waals surface area contributed by atoms with Gasteiger partial charge in [-0.2, -0.15) is 0 Å². The summed E-state index contributed by atoms with van der Waals surface area (Å²) in [4.78, 5) is 14.7. The van der Waals surface area contributed by atoms with Crippen molar-refractivity contribution in [2.45, 2.75) is 6.42 Å². The molecule has 0 unspecified atom stereocenters. The number of carbonyl (C=O) groups is 1. The van der Waals surface area contributed by atoms with Crippen molar-refractivity contribution in [3.63, 3.8) is 0 Å². The second-order valence-corrected chi connectivity index (χ2v) is 5.15. The second kappa shape index (κ2) is 5.70. The Morgan fingerprint density at radius 3 is 2.65 bits per heavy atom. The molecule has 4 nitrogen and oxygen atoms in total. The van der Waals surface area contributed by atoms with Gasteiger partial charge in [-0.25, -0.2) is 8.78 Å². The van der Waals surface area contributed by atoms with E-state index < -0.39 is 11.6 Å². The van der Waals surface area contributed by atoms with E-state index in [2.05, 4.69) is 12.2 Å². The molecule has 1 aromatic carbocycles. The van der Waals surface area contributed by atoms with Crippen LogP contribution in [0.25, 0.3) is 0 Å². The van der Waals surface area contributed by atoms with Crippen LogP contribution >= 0.6 is 12.2 Å². The summed E-state index contributed by atoms with van der Waals surface area (Å²) < 4.78 is 28.0. The third-order valence-electron chi connectivity index (χ3n) is 3.34. The predicted molar refractivity (Wildman–Crippen MR) is 76.7 cm³/mol. The summed E-state index contributed by atoms with van der Waals surface area (Å²) in [5.74, 6) is -2.21. The minimum Gasteiger partial charge on any atom is -0.389 e. The van der Waals surface area contributed by atoms with Gasteiger partial charge < -0.3 is 15.5 Å². The van der Waals surface area contributed by atoms with Crippen LogP contribution in [0.1, 0.15) is 12.0 Å². The highest BCUT2D eigenvalue weighted by molar-refractivity contribution is 7.80. The zero-order valence-corrected chi connectivity index (χ0v) is 11.8. The van der Waals surface area contributed by atoms with Crippen molar-refractivity contribution in [2.24, 2.45) is 5.73 Å². The van der Waals surface area contributed by atoms with Gasteiger partial charge in [-0.05, 0) is 18.6 Å². The first-order valence-electron chi connectivity index (χ1n) is 6.18. The number of rotatable bonds is 2. The van der Waals surface area contributed by atoms with Gasteiger partial charge >= 0.3 is 0 Å². The minimum atomic E-state index is -1.07. The van der Waals surface area contributed by atoms with Gasteiger partial charge in [-0.15, -0.1) is 0 Å². The fourth-order valence-corrected chi connectivity index (χ4v) is 2.32. The summed E-state index contributed by atoms with van der Waals surface area (Å²) in [5.41, 5.74) is 5.26. The van der Waals surface area contributed by atoms with Crippen molar-refractivity contribution in [3.8, 4) is 0 Å². The van der Waals surface area contributed by atoms with E-state index in [1.165, 1.54) is 17.0 Å². The highest BCUT2D eigenvalue weighted by atomic mass is 32.1. The van der Waals surface area contributed by atoms with E-state index in [0.717, 1.165) is 0 Å². The molecule has 1 fully saturated rings. The molecule has 0 atom stereocenters. The molecule has 0 saturated carbocycles. The number of nitrogens with two attached hydrogens (primary N) is 1. The molecule has 2 N–H and O–H groups in total. The van der Waals surface area contributed by atoms with E-state index in [4.69, 9.17) is 5.73 Å². The maximum absolute atomic E-state index is 14.1. The highest BCUT2D eigenvalue weighted by Gasteiger charge is 2.24. The van der Waals surface area contributed by atoms with Crippen LogP contribution in [0.3, 0.4) is 0 Å². The Balaban J connectivity index is 2.35. The predicted octanol–water partition coefficient (Wildman–Crippen LogP) is 1.27. The van der Waals surface area contributed by atoms with E-state index in [1.807, 2.05) is 0 Å². The third kappa shape index (κ3) is 2.72. The molecule has 1 saturated heterocycles. The second-order valence-electron chi connectivity index (χ2n) is 4.71. The normalized spacial score (nSPS) is 16.2. The zero-order chi connectivity index (χ0) is 14.9. The van der Waals surface area contributed by atoms with Crippen molar-refractivity contribution in [3.05, 3.63) is 29.3 Å². The van der Waals surface area contributed by atoms with Gasteiger partial charge in [-0.3, -0.25) is 4.79 Å². The SMILES string of the molecule is CN1CCCN(c2ccc(C(N)=S)c(F)c2F)CC1=O. The first-order chi connectivity index (χ1) is 9.41. The average molecular weight is 299 g/mol. The van der Waals surface area contributed by atoms with Gasteiger partial charge in [-0.1, -0.05) is 12.2 Å². The Kier molecular flexibility index (Phi) is 4.17. The molecule has 0 radical (unpaired) electrons. The van der Waals surface area contributed by atoms with E-state index in [1.54, 1.807) is 11.9 Å². The van der Waals surface area contributed by atoms with Crippen molar-refractivity contribution in [2.75, 3.05) is 31.6 Å². The molecule has 108 valence electrons. The molecule has 0 bridgehead atoms. The molecule has 1 aromatic rings. The lowest BCUT2D eigenvalue weighted by atomic mass is 10.1. The number of nitrogens with zero attached hydrogens (tertiary/aromatic N) is 2. The Bertz CT molecular complexity index is 565. The molecule has 2 rings (SSSR count). The van der Waals surface area contributed by atoms with E-state index in [9.17, 15) is 13.6 Å². The summed E-state index contributed by atoms with van der Waals surface area (Å²) in [6.45, 7) is 1.11. The Morgan fingerprint density at radius 1 is 1.30 bits per heavy atom. The van der Waals surface area contributed by atoms with Crippen molar-refractivity contribution >= 4 is 28.8 Å². The topological polar surface area (TPSA) is 49.6 Å². The van der Waals surface area contributed by atoms with Gasteiger partial charge in [0.1, 0.15) is 4.99 Å². The lowest BCUT2D eigenvalue weighted by molar-refractivity contribution is -0.127. The molecule has 0 aromatic heterocycles. The highest BCUT2D eigenvalue weighted by Crippen LogP contribution is 2.25. The molecule has 1 aliphatic heterocycles. The number of amides is 1. The molecular formula is C13H15F2N3OS. The number of anilines is 1. The number of carbonyl (C=O) groups excluding carboxylic acids is 1. The Morgan fingerprint density at radius 2 is 2.00 bits per heavy atom. The molecular weight excluding hydrogens is 284 g/mol. The molecule has 1 heterocycles. The maximum Gasteiger partial charge on any atom is 0.241 e. The Hall–Kier alpha value is -1.76. The number of hydrogen-bond acceptors (Lipinski definition) is 3. The van der Waals surface area contributed by atoms with Gasteiger partial charge in [0, 0.05) is 25.7 Å². The number of hydrogen-bond donors (Lipinski definition) is 1. The molecule has 7 heteroatoms. The lowest BCUT2D eigenvalue weighted by Gasteiger charge is -2.23. The standard InChI is InChI=1S/C13H15F2N3OS/c1-17-5-2-6-18(7-10(17)19)9-4-3-8(13(16)20)11(14)12(9)15/h3-4H,2,5-7H2,1H3,(H2,16,20). The third-order valence-corrected chi connectivity index (χ3v) is 3.56. The van der Waals surface area contributed by atoms with Crippen LogP contribution in [0.5, 0.6) is 0 Å². The van der Waals surface area contributed by atoms with Crippen LogP contribution < -0.4 is 10.6 Å². The summed E-state index contributed by atoms with van der Waals surface area (Å²) >= 11 is 4.66. The fraction of sp³-hybridized carbons (Fsp3) is 0.385. The number of likely N-dealkylation sites (N-methyl/N-ethyl adjacent to an activating group) is 1. The molecule has 0 spiro atoms. The van der Waals surface area contributed by atoms with Crippen LogP contribution in [0, 0.1) is 11.6 Å². The van der Waals surface area contributed by atoms with E-state index >= 15 is 0 Å². The van der Waals surface area contributed by atoms with Crippen molar-refractivity contribution < 1.29 is 13.6 Å². The van der Waals surface area contributed by atoms with Crippen LogP contribution in [0.4, 0.5) is 14.5 Å². The summed E-state index contributed by atoms with van der Waals surface area (Å²) in [6, 6.07) is 2.75. The van der Waals surface area contributed by atoms with Crippen LogP contribution in [-0.2, 0) is 4.79 Å². The number of halogens is 2. The van der Waals surface area contributed by atoms with Crippen LogP contribution in [0.15, 0.2) is 12.1 Å². The van der Waals surface area contributed by atoms with Crippen LogP contribution in [0.2, 0.25) is 0 Å². The first kappa shape index (κ1) is 14.6. The van der Waals surface area contributed by atoms with Gasteiger partial charge in [0.25, 0.3) is 0 Å². The fourth-order valence-electron chi connectivity index (χ4n) is 2.17. The number of thiocarbonyl (C=S) groups is 1. The average Bonchev–Trinajstić information content (AvgIpc) is 2.55. The minimum absolute atomic E-state index is 0.0271. The lowest BCUT2D eigenvalue weighted by Crippen LogP contribution is -2.35. The smallest absolute Gasteiger partial charge is 0.241 e. The van der Waals surface area contributed by atoms with E-state index in [0.29, 0.717) is 19.5 Å². The van der Waals surface area contributed by atoms with Crippen LogP contribution in [-0.4, -0.2) is 42.5 Å².